The molecule has 140 valence electrons. The standard InChI is InChI=1S/C16H22Cl2N2O4S/c1-16(2,3)24-15(21)19-11-6-8-20(9-7-11)25(22,23)12-4-5-13(17)14(18)10-12/h4-5,10-11H,6-9H2,1-3H3,(H,19,21). The minimum absolute atomic E-state index is 0.112. The molecular formula is C16H22Cl2N2O4S. The van der Waals surface area contributed by atoms with Gasteiger partial charge in [-0.15, -0.1) is 0 Å². The molecule has 0 atom stereocenters. The molecule has 0 spiro atoms. The van der Waals surface area contributed by atoms with E-state index in [0.29, 0.717) is 31.0 Å². The number of halogens is 2. The Morgan fingerprint density at radius 1 is 1.20 bits per heavy atom. The number of nitrogens with zero attached hydrogens (tertiary/aromatic N) is 1. The number of benzene rings is 1. The van der Waals surface area contributed by atoms with Crippen molar-refractivity contribution in [2.24, 2.45) is 0 Å². The first-order chi connectivity index (χ1) is 11.5. The van der Waals surface area contributed by atoms with E-state index >= 15 is 0 Å². The third kappa shape index (κ3) is 5.48. The molecule has 0 unspecified atom stereocenters. The van der Waals surface area contributed by atoms with Gasteiger partial charge in [-0.2, -0.15) is 4.31 Å². The summed E-state index contributed by atoms with van der Waals surface area (Å²) in [5.41, 5.74) is -0.567. The van der Waals surface area contributed by atoms with Gasteiger partial charge in [-0.05, 0) is 51.8 Å². The highest BCUT2D eigenvalue weighted by atomic mass is 35.5. The van der Waals surface area contributed by atoms with Gasteiger partial charge < -0.3 is 10.1 Å². The van der Waals surface area contributed by atoms with Gasteiger partial charge in [0.1, 0.15) is 5.60 Å². The molecule has 1 heterocycles. The predicted octanol–water partition coefficient (Wildman–Crippen LogP) is 3.67. The summed E-state index contributed by atoms with van der Waals surface area (Å²) in [6.07, 6.45) is 0.540. The van der Waals surface area contributed by atoms with Crippen molar-refractivity contribution in [1.82, 2.24) is 9.62 Å². The van der Waals surface area contributed by atoms with Gasteiger partial charge in [0.05, 0.1) is 14.9 Å². The van der Waals surface area contributed by atoms with Gasteiger partial charge in [0.2, 0.25) is 10.0 Å². The van der Waals surface area contributed by atoms with Gasteiger partial charge in [-0.25, -0.2) is 13.2 Å². The third-order valence-corrected chi connectivity index (χ3v) is 6.34. The zero-order valence-corrected chi connectivity index (χ0v) is 16.7. The molecular weight excluding hydrogens is 387 g/mol. The Bertz CT molecular complexity index is 739. The number of amides is 1. The monoisotopic (exact) mass is 408 g/mol. The summed E-state index contributed by atoms with van der Waals surface area (Å²) in [6, 6.07) is 4.14. The fraction of sp³-hybridized carbons (Fsp3) is 0.562. The van der Waals surface area contributed by atoms with Gasteiger partial charge in [-0.3, -0.25) is 0 Å². The van der Waals surface area contributed by atoms with Crippen LogP contribution in [0.2, 0.25) is 10.0 Å². The van der Waals surface area contributed by atoms with Crippen LogP contribution in [0.5, 0.6) is 0 Å². The predicted molar refractivity (Wildman–Crippen MR) is 97.6 cm³/mol. The lowest BCUT2D eigenvalue weighted by Crippen LogP contribution is -2.47. The second kappa shape index (κ2) is 7.70. The van der Waals surface area contributed by atoms with E-state index in [-0.39, 0.29) is 16.0 Å². The van der Waals surface area contributed by atoms with E-state index in [1.807, 2.05) is 0 Å². The minimum atomic E-state index is -3.64. The van der Waals surface area contributed by atoms with E-state index in [0.717, 1.165) is 0 Å². The van der Waals surface area contributed by atoms with Crippen molar-refractivity contribution in [2.45, 2.75) is 50.2 Å². The lowest BCUT2D eigenvalue weighted by Gasteiger charge is -2.32. The zero-order chi connectivity index (χ0) is 18.8. The fourth-order valence-electron chi connectivity index (χ4n) is 2.50. The molecule has 0 bridgehead atoms. The SMILES string of the molecule is CC(C)(C)OC(=O)NC1CCN(S(=O)(=O)c2ccc(Cl)c(Cl)c2)CC1. The van der Waals surface area contributed by atoms with Crippen molar-refractivity contribution in [1.29, 1.82) is 0 Å². The number of piperidine rings is 1. The molecule has 1 fully saturated rings. The molecule has 1 saturated heterocycles. The average Bonchev–Trinajstić information content (AvgIpc) is 2.48. The van der Waals surface area contributed by atoms with Gasteiger partial charge >= 0.3 is 6.09 Å². The zero-order valence-electron chi connectivity index (χ0n) is 14.4. The Hall–Kier alpha value is -1.02. The summed E-state index contributed by atoms with van der Waals surface area (Å²) >= 11 is 11.8. The van der Waals surface area contributed by atoms with Crippen molar-refractivity contribution < 1.29 is 17.9 Å². The summed E-state index contributed by atoms with van der Waals surface area (Å²) in [4.78, 5) is 11.9. The van der Waals surface area contributed by atoms with Gasteiger partial charge in [0.25, 0.3) is 0 Å². The van der Waals surface area contributed by atoms with Gasteiger partial charge in [0, 0.05) is 19.1 Å². The Morgan fingerprint density at radius 2 is 1.80 bits per heavy atom. The van der Waals surface area contributed by atoms with Crippen LogP contribution in [0.4, 0.5) is 4.79 Å². The fourth-order valence-corrected chi connectivity index (χ4v) is 4.36. The summed E-state index contributed by atoms with van der Waals surface area (Å²) < 4.78 is 32.0. The first-order valence-electron chi connectivity index (χ1n) is 7.94. The number of hydrogen-bond donors (Lipinski definition) is 1. The van der Waals surface area contributed by atoms with E-state index in [1.165, 1.54) is 22.5 Å². The molecule has 0 radical (unpaired) electrons. The van der Waals surface area contributed by atoms with Crippen LogP contribution >= 0.6 is 23.2 Å². The Balaban J connectivity index is 1.97. The highest BCUT2D eigenvalue weighted by Crippen LogP contribution is 2.27. The van der Waals surface area contributed by atoms with Crippen LogP contribution in [0, 0.1) is 0 Å². The maximum Gasteiger partial charge on any atom is 0.407 e. The molecule has 0 aliphatic carbocycles. The summed E-state index contributed by atoms with van der Waals surface area (Å²) in [5, 5.41) is 3.29. The van der Waals surface area contributed by atoms with Crippen LogP contribution in [-0.2, 0) is 14.8 Å². The van der Waals surface area contributed by atoms with Crippen LogP contribution < -0.4 is 5.32 Å². The Morgan fingerprint density at radius 3 is 2.32 bits per heavy atom. The Labute approximate surface area is 158 Å². The molecule has 1 aromatic rings. The van der Waals surface area contributed by atoms with E-state index in [4.69, 9.17) is 27.9 Å². The largest absolute Gasteiger partial charge is 0.444 e. The van der Waals surface area contributed by atoms with Gasteiger partial charge in [-0.1, -0.05) is 23.2 Å². The molecule has 0 saturated carbocycles. The number of carbonyl (C=O) groups excluding carboxylic acids is 1. The number of ether oxygens (including phenoxy) is 1. The first-order valence-corrected chi connectivity index (χ1v) is 10.1. The number of sulfonamides is 1. The van der Waals surface area contributed by atoms with E-state index in [2.05, 4.69) is 5.32 Å². The molecule has 6 nitrogen and oxygen atoms in total. The number of hydrogen-bond acceptors (Lipinski definition) is 4. The van der Waals surface area contributed by atoms with E-state index in [9.17, 15) is 13.2 Å². The Kier molecular flexibility index (Phi) is 6.25. The van der Waals surface area contributed by atoms with Crippen LogP contribution in [0.15, 0.2) is 23.1 Å². The number of alkyl carbamates (subject to hydrolysis) is 1. The normalized spacial score (nSPS) is 17.3. The van der Waals surface area contributed by atoms with Crippen molar-refractivity contribution in [3.8, 4) is 0 Å². The highest BCUT2D eigenvalue weighted by molar-refractivity contribution is 7.89. The number of carbonyl (C=O) groups is 1. The van der Waals surface area contributed by atoms with Crippen LogP contribution in [-0.4, -0.2) is 43.5 Å². The second-order valence-electron chi connectivity index (χ2n) is 6.90. The smallest absolute Gasteiger partial charge is 0.407 e. The van der Waals surface area contributed by atoms with Crippen molar-refractivity contribution in [2.75, 3.05) is 13.1 Å². The third-order valence-electron chi connectivity index (χ3n) is 3.70. The first kappa shape index (κ1) is 20.3. The van der Waals surface area contributed by atoms with E-state index in [1.54, 1.807) is 20.8 Å². The highest BCUT2D eigenvalue weighted by Gasteiger charge is 2.31. The molecule has 0 aromatic heterocycles. The molecule has 9 heteroatoms. The van der Waals surface area contributed by atoms with Crippen molar-refractivity contribution in [3.05, 3.63) is 28.2 Å². The van der Waals surface area contributed by atoms with Crippen LogP contribution in [0.25, 0.3) is 0 Å². The van der Waals surface area contributed by atoms with Crippen LogP contribution in [0.3, 0.4) is 0 Å². The lowest BCUT2D eigenvalue weighted by molar-refractivity contribution is 0.0489. The average molecular weight is 409 g/mol. The molecule has 1 N–H and O–H groups in total. The summed E-state index contributed by atoms with van der Waals surface area (Å²) in [5.74, 6) is 0. The maximum absolute atomic E-state index is 12.7. The molecule has 25 heavy (non-hydrogen) atoms. The molecule has 1 aliphatic heterocycles. The number of rotatable bonds is 3. The van der Waals surface area contributed by atoms with Gasteiger partial charge in [0.15, 0.2) is 0 Å². The topological polar surface area (TPSA) is 75.7 Å². The van der Waals surface area contributed by atoms with Crippen molar-refractivity contribution in [3.63, 3.8) is 0 Å². The summed E-state index contributed by atoms with van der Waals surface area (Å²) in [7, 11) is -3.64. The summed E-state index contributed by atoms with van der Waals surface area (Å²) in [6.45, 7) is 5.99. The molecule has 1 amide bonds. The quantitative estimate of drug-likeness (QED) is 0.827. The number of nitrogens with one attached hydrogen (secondary N) is 1. The molecule has 2 rings (SSSR count). The van der Waals surface area contributed by atoms with Crippen LogP contribution in [0.1, 0.15) is 33.6 Å². The maximum atomic E-state index is 12.7. The van der Waals surface area contributed by atoms with Crippen molar-refractivity contribution >= 4 is 39.3 Å². The lowest BCUT2D eigenvalue weighted by atomic mass is 10.1. The second-order valence-corrected chi connectivity index (χ2v) is 9.65. The van der Waals surface area contributed by atoms with E-state index < -0.39 is 21.7 Å². The molecule has 1 aliphatic rings. The molecule has 1 aromatic carbocycles. The minimum Gasteiger partial charge on any atom is -0.444 e.